The van der Waals surface area contributed by atoms with Crippen LogP contribution in [0.15, 0.2) is 18.2 Å². The highest BCUT2D eigenvalue weighted by atomic mass is 16.5. The van der Waals surface area contributed by atoms with Crippen molar-refractivity contribution in [3.05, 3.63) is 23.8 Å². The van der Waals surface area contributed by atoms with Crippen LogP contribution in [-0.2, 0) is 9.59 Å². The van der Waals surface area contributed by atoms with Crippen molar-refractivity contribution < 1.29 is 19.1 Å². The van der Waals surface area contributed by atoms with Gasteiger partial charge in [-0.3, -0.25) is 9.59 Å². The molecule has 6 nitrogen and oxygen atoms in total. The van der Waals surface area contributed by atoms with Gasteiger partial charge in [-0.05, 0) is 50.3 Å². The lowest BCUT2D eigenvalue weighted by Crippen LogP contribution is -2.57. The molecule has 3 aliphatic rings. The van der Waals surface area contributed by atoms with Crippen molar-refractivity contribution >= 4 is 11.8 Å². The van der Waals surface area contributed by atoms with Crippen molar-refractivity contribution in [1.82, 2.24) is 9.80 Å². The average Bonchev–Trinajstić information content (AvgIpc) is 2.96. The molecule has 0 radical (unpaired) electrons. The summed E-state index contributed by atoms with van der Waals surface area (Å²) in [4.78, 5) is 29.5. The maximum absolute atomic E-state index is 13.2. The van der Waals surface area contributed by atoms with Crippen molar-refractivity contribution in [2.45, 2.75) is 64.6 Å². The molecule has 1 aromatic carbocycles. The normalized spacial score (nSPS) is 30.9. The van der Waals surface area contributed by atoms with Crippen LogP contribution in [0.2, 0.25) is 0 Å². The number of benzene rings is 1. The van der Waals surface area contributed by atoms with Crippen molar-refractivity contribution in [3.8, 4) is 11.5 Å². The molecule has 0 unspecified atom stereocenters. The predicted molar refractivity (Wildman–Crippen MR) is 105 cm³/mol. The molecule has 2 aliphatic heterocycles. The molecule has 6 heteroatoms. The zero-order valence-corrected chi connectivity index (χ0v) is 17.2. The number of methoxy groups -OCH3 is 1. The summed E-state index contributed by atoms with van der Waals surface area (Å²) in [5, 5.41) is 0. The van der Waals surface area contributed by atoms with Gasteiger partial charge in [0.15, 0.2) is 18.1 Å². The van der Waals surface area contributed by atoms with E-state index in [0.717, 1.165) is 31.2 Å². The molecular weight excluding hydrogens is 356 g/mol. The number of likely N-dealkylation sites (tertiary alicyclic amines) is 2. The summed E-state index contributed by atoms with van der Waals surface area (Å²) in [6.07, 6.45) is 4.08. The molecule has 2 heterocycles. The van der Waals surface area contributed by atoms with Gasteiger partial charge in [0.2, 0.25) is 5.91 Å². The van der Waals surface area contributed by atoms with Gasteiger partial charge in [0.05, 0.1) is 13.2 Å². The smallest absolute Gasteiger partial charge is 0.261 e. The molecule has 4 atom stereocenters. The first-order valence-corrected chi connectivity index (χ1v) is 10.2. The van der Waals surface area contributed by atoms with Crippen LogP contribution in [0.3, 0.4) is 0 Å². The highest BCUT2D eigenvalue weighted by molar-refractivity contribution is 5.80. The molecule has 2 bridgehead atoms. The Bertz CT molecular complexity index is 795. The summed E-state index contributed by atoms with van der Waals surface area (Å²) in [5.74, 6) is 1.35. The zero-order chi connectivity index (χ0) is 20.1. The van der Waals surface area contributed by atoms with E-state index in [2.05, 4.69) is 6.92 Å². The predicted octanol–water partition coefficient (Wildman–Crippen LogP) is 2.77. The minimum Gasteiger partial charge on any atom is -0.493 e. The molecule has 0 spiro atoms. The number of nitrogens with zero attached hydrogens (tertiary/aromatic N) is 2. The Morgan fingerprint density at radius 2 is 1.96 bits per heavy atom. The molecule has 0 N–H and O–H groups in total. The van der Waals surface area contributed by atoms with Gasteiger partial charge < -0.3 is 19.3 Å². The fourth-order valence-corrected chi connectivity index (χ4v) is 5.83. The number of hydrogen-bond donors (Lipinski definition) is 0. The van der Waals surface area contributed by atoms with Crippen LogP contribution in [0.4, 0.5) is 0 Å². The maximum Gasteiger partial charge on any atom is 0.261 e. The van der Waals surface area contributed by atoms with E-state index in [4.69, 9.17) is 9.47 Å². The van der Waals surface area contributed by atoms with E-state index in [1.54, 1.807) is 14.0 Å². The molecule has 2 amide bonds. The number of hydrogen-bond acceptors (Lipinski definition) is 4. The number of carbonyl (C=O) groups excluding carboxylic acids is 2. The second kappa shape index (κ2) is 6.98. The van der Waals surface area contributed by atoms with Gasteiger partial charge >= 0.3 is 0 Å². The van der Waals surface area contributed by atoms with Crippen LogP contribution in [0, 0.1) is 12.3 Å². The Kier molecular flexibility index (Phi) is 4.76. The lowest BCUT2D eigenvalue weighted by Gasteiger charge is -2.49. The molecule has 4 rings (SSSR count). The number of amides is 2. The highest BCUT2D eigenvalue weighted by Crippen LogP contribution is 2.54. The third-order valence-corrected chi connectivity index (χ3v) is 7.03. The molecule has 3 fully saturated rings. The van der Waals surface area contributed by atoms with Crippen molar-refractivity contribution in [3.63, 3.8) is 0 Å². The van der Waals surface area contributed by atoms with E-state index in [1.807, 2.05) is 34.9 Å². The summed E-state index contributed by atoms with van der Waals surface area (Å²) >= 11 is 0. The number of ether oxygens (including phenoxy) is 2. The van der Waals surface area contributed by atoms with Gasteiger partial charge in [-0.15, -0.1) is 0 Å². The number of fused-ring (bicyclic) bond motifs is 1. The summed E-state index contributed by atoms with van der Waals surface area (Å²) in [6.45, 7) is 6.54. The Hall–Kier alpha value is -2.24. The topological polar surface area (TPSA) is 59.1 Å². The average molecular weight is 386 g/mol. The monoisotopic (exact) mass is 386 g/mol. The molecular formula is C22H30N2O4. The fourth-order valence-electron chi connectivity index (χ4n) is 5.83. The molecule has 0 aromatic heterocycles. The quantitative estimate of drug-likeness (QED) is 0.798. The lowest BCUT2D eigenvalue weighted by molar-refractivity contribution is -0.138. The van der Waals surface area contributed by atoms with Gasteiger partial charge in [0, 0.05) is 31.0 Å². The number of rotatable bonds is 4. The van der Waals surface area contributed by atoms with Crippen LogP contribution in [0.25, 0.3) is 0 Å². The van der Waals surface area contributed by atoms with E-state index in [0.29, 0.717) is 18.0 Å². The Morgan fingerprint density at radius 3 is 2.68 bits per heavy atom. The summed E-state index contributed by atoms with van der Waals surface area (Å²) in [7, 11) is 1.60. The minimum atomic E-state index is -0.00988. The molecule has 1 aliphatic carbocycles. The Morgan fingerprint density at radius 1 is 1.21 bits per heavy atom. The Labute approximate surface area is 166 Å². The zero-order valence-electron chi connectivity index (χ0n) is 17.2. The van der Waals surface area contributed by atoms with Gasteiger partial charge in [-0.25, -0.2) is 0 Å². The molecule has 152 valence electrons. The molecule has 28 heavy (non-hydrogen) atoms. The second-order valence-electron chi connectivity index (χ2n) is 8.74. The van der Waals surface area contributed by atoms with Crippen molar-refractivity contribution in [2.24, 2.45) is 5.41 Å². The van der Waals surface area contributed by atoms with Crippen LogP contribution < -0.4 is 9.47 Å². The first-order valence-electron chi connectivity index (χ1n) is 10.2. The second-order valence-corrected chi connectivity index (χ2v) is 8.74. The third-order valence-electron chi connectivity index (χ3n) is 7.03. The molecule has 1 aromatic rings. The third kappa shape index (κ3) is 2.93. The highest BCUT2D eigenvalue weighted by Gasteiger charge is 2.61. The number of carbonyl (C=O) groups is 2. The largest absolute Gasteiger partial charge is 0.493 e. The number of piperidine rings is 1. The van der Waals surface area contributed by atoms with Gasteiger partial charge in [0.25, 0.3) is 5.91 Å². The van der Waals surface area contributed by atoms with Crippen LogP contribution in [-0.4, -0.2) is 60.0 Å². The number of aryl methyl sites for hydroxylation is 1. The minimum absolute atomic E-state index is 0.00671. The first-order chi connectivity index (χ1) is 13.3. The van der Waals surface area contributed by atoms with Crippen molar-refractivity contribution in [2.75, 3.05) is 20.3 Å². The first kappa shape index (κ1) is 19.1. The van der Waals surface area contributed by atoms with Gasteiger partial charge in [-0.1, -0.05) is 13.0 Å². The van der Waals surface area contributed by atoms with E-state index in [9.17, 15) is 9.59 Å². The summed E-state index contributed by atoms with van der Waals surface area (Å²) in [6, 6.07) is 6.22. The standard InChI is InChI=1S/C22H30N2O4/c1-14-8-9-17(18(10-14)27-4)28-13-21(26)24-16-11-22(3)19(6-5-7-20(22)24)23(12-16)15(2)25/h8-10,16,19-20H,5-7,11-13H2,1-4H3/t16-,19+,20-,22+/m0/s1. The van der Waals surface area contributed by atoms with Gasteiger partial charge in [0.1, 0.15) is 0 Å². The summed E-state index contributed by atoms with van der Waals surface area (Å²) < 4.78 is 11.2. The van der Waals surface area contributed by atoms with E-state index < -0.39 is 0 Å². The van der Waals surface area contributed by atoms with E-state index >= 15 is 0 Å². The van der Waals surface area contributed by atoms with Crippen LogP contribution in [0.1, 0.15) is 45.1 Å². The van der Waals surface area contributed by atoms with Crippen LogP contribution in [0.5, 0.6) is 11.5 Å². The maximum atomic E-state index is 13.2. The van der Waals surface area contributed by atoms with Crippen LogP contribution >= 0.6 is 0 Å². The fraction of sp³-hybridized carbons (Fsp3) is 0.636. The van der Waals surface area contributed by atoms with E-state index in [-0.39, 0.29) is 42.0 Å². The van der Waals surface area contributed by atoms with Gasteiger partial charge in [-0.2, -0.15) is 0 Å². The Balaban J connectivity index is 1.53. The SMILES string of the molecule is COc1cc(C)ccc1OCC(=O)N1[C@@H]2CN(C(C)=O)[C@@H]3CCC[C@H]1[C@]3(C)C2. The molecule has 2 saturated heterocycles. The lowest BCUT2D eigenvalue weighted by atomic mass is 9.66. The molecule has 1 saturated carbocycles. The van der Waals surface area contributed by atoms with Crippen molar-refractivity contribution in [1.29, 1.82) is 0 Å². The summed E-state index contributed by atoms with van der Waals surface area (Å²) in [5.41, 5.74) is 1.07. The van der Waals surface area contributed by atoms with E-state index in [1.165, 1.54) is 0 Å².